The molecule has 2 heteroatoms. The first kappa shape index (κ1) is 25.5. The average Bonchev–Trinajstić information content (AvgIpc) is 2.65. The summed E-state index contributed by atoms with van der Waals surface area (Å²) in [5.74, 6) is 0.167. The third kappa shape index (κ3) is 16.9. The molecule has 0 radical (unpaired) electrons. The van der Waals surface area contributed by atoms with Crippen molar-refractivity contribution in [3.8, 4) is 0 Å². The van der Waals surface area contributed by atoms with Gasteiger partial charge in [0.15, 0.2) is 0 Å². The maximum atomic E-state index is 12.0. The number of rotatable bonds is 20. The molecule has 0 aromatic heterocycles. The van der Waals surface area contributed by atoms with Gasteiger partial charge in [-0.2, -0.15) is 0 Å². The Morgan fingerprint density at radius 1 is 0.615 bits per heavy atom. The van der Waals surface area contributed by atoms with E-state index in [0.29, 0.717) is 6.61 Å². The Labute approximate surface area is 164 Å². The molecule has 0 aliphatic rings. The van der Waals surface area contributed by atoms with Gasteiger partial charge in [-0.15, -0.1) is 0 Å². The van der Waals surface area contributed by atoms with Crippen LogP contribution >= 0.6 is 0 Å². The van der Waals surface area contributed by atoms with E-state index in [-0.39, 0.29) is 11.9 Å². The number of carbonyl (C=O) groups is 1. The quantitative estimate of drug-likeness (QED) is 0.160. The lowest BCUT2D eigenvalue weighted by Gasteiger charge is -2.13. The van der Waals surface area contributed by atoms with Crippen molar-refractivity contribution in [1.29, 1.82) is 0 Å². The summed E-state index contributed by atoms with van der Waals surface area (Å²) in [6.45, 7) is 7.12. The second-order valence-electron chi connectivity index (χ2n) is 8.01. The monoisotopic (exact) mass is 368 g/mol. The van der Waals surface area contributed by atoms with E-state index in [1.165, 1.54) is 89.9 Å². The summed E-state index contributed by atoms with van der Waals surface area (Å²) in [5, 5.41) is 0. The number of unbranched alkanes of at least 4 members (excludes halogenated alkanes) is 14. The molecule has 26 heavy (non-hydrogen) atoms. The van der Waals surface area contributed by atoms with E-state index < -0.39 is 0 Å². The lowest BCUT2D eigenvalue weighted by molar-refractivity contribution is -0.149. The van der Waals surface area contributed by atoms with Gasteiger partial charge in [0.1, 0.15) is 0 Å². The number of carbonyl (C=O) groups excluding carboxylic acids is 1. The topological polar surface area (TPSA) is 26.3 Å². The summed E-state index contributed by atoms with van der Waals surface area (Å²) in [4.78, 5) is 12.0. The van der Waals surface area contributed by atoms with Crippen molar-refractivity contribution in [3.63, 3.8) is 0 Å². The van der Waals surface area contributed by atoms with Crippen LogP contribution in [0.2, 0.25) is 0 Å². The van der Waals surface area contributed by atoms with Crippen LogP contribution in [-0.2, 0) is 9.53 Å². The second-order valence-corrected chi connectivity index (χ2v) is 8.01. The predicted octanol–water partition coefficient (Wildman–Crippen LogP) is 8.23. The van der Waals surface area contributed by atoms with Crippen LogP contribution in [0.15, 0.2) is 0 Å². The minimum absolute atomic E-state index is 0.0376. The first-order valence-electron chi connectivity index (χ1n) is 11.9. The molecule has 0 fully saturated rings. The zero-order valence-corrected chi connectivity index (χ0v) is 18.3. The molecule has 0 bridgehead atoms. The van der Waals surface area contributed by atoms with Crippen molar-refractivity contribution >= 4 is 5.97 Å². The average molecular weight is 369 g/mol. The van der Waals surface area contributed by atoms with E-state index in [4.69, 9.17) is 4.74 Å². The number of ether oxygens (including phenoxy) is 1. The van der Waals surface area contributed by atoms with Gasteiger partial charge in [-0.25, -0.2) is 0 Å². The van der Waals surface area contributed by atoms with E-state index in [1.807, 2.05) is 0 Å². The van der Waals surface area contributed by atoms with E-state index in [2.05, 4.69) is 20.8 Å². The molecule has 0 amide bonds. The smallest absolute Gasteiger partial charge is 0.308 e. The van der Waals surface area contributed by atoms with Gasteiger partial charge in [0, 0.05) is 0 Å². The van der Waals surface area contributed by atoms with Crippen molar-refractivity contribution in [2.75, 3.05) is 6.61 Å². The molecule has 0 aromatic carbocycles. The Hall–Kier alpha value is -0.530. The molecule has 0 rings (SSSR count). The normalized spacial score (nSPS) is 12.3. The van der Waals surface area contributed by atoms with Gasteiger partial charge in [0.25, 0.3) is 0 Å². The summed E-state index contributed by atoms with van der Waals surface area (Å²) in [6, 6.07) is 0. The largest absolute Gasteiger partial charge is 0.465 e. The summed E-state index contributed by atoms with van der Waals surface area (Å²) in [7, 11) is 0. The van der Waals surface area contributed by atoms with Gasteiger partial charge in [-0.1, -0.05) is 117 Å². The molecule has 0 saturated heterocycles. The molecule has 0 aliphatic heterocycles. The molecule has 0 aromatic rings. The Morgan fingerprint density at radius 3 is 1.46 bits per heavy atom. The molecule has 0 aliphatic carbocycles. The molecule has 0 spiro atoms. The van der Waals surface area contributed by atoms with Gasteiger partial charge in [0.2, 0.25) is 0 Å². The first-order chi connectivity index (χ1) is 12.8. The van der Waals surface area contributed by atoms with Crippen LogP contribution in [0, 0.1) is 5.92 Å². The first-order valence-corrected chi connectivity index (χ1v) is 11.9. The number of hydrogen-bond donors (Lipinski definition) is 0. The number of hydrogen-bond acceptors (Lipinski definition) is 2. The third-order valence-electron chi connectivity index (χ3n) is 5.47. The molecule has 156 valence electrons. The minimum Gasteiger partial charge on any atom is -0.465 e. The molecule has 0 saturated carbocycles. The highest BCUT2D eigenvalue weighted by molar-refractivity contribution is 5.72. The highest BCUT2D eigenvalue weighted by Gasteiger charge is 2.17. The Morgan fingerprint density at radius 2 is 1.04 bits per heavy atom. The van der Waals surface area contributed by atoms with Crippen LogP contribution in [0.1, 0.15) is 136 Å². The Balaban J connectivity index is 3.34. The van der Waals surface area contributed by atoms with E-state index >= 15 is 0 Å². The van der Waals surface area contributed by atoms with Gasteiger partial charge in [-0.3, -0.25) is 4.79 Å². The zero-order valence-electron chi connectivity index (χ0n) is 18.3. The van der Waals surface area contributed by atoms with Gasteiger partial charge < -0.3 is 4.74 Å². The van der Waals surface area contributed by atoms with Gasteiger partial charge in [-0.05, 0) is 19.3 Å². The second kappa shape index (κ2) is 20.8. The van der Waals surface area contributed by atoms with Crippen LogP contribution in [0.4, 0.5) is 0 Å². The lowest BCUT2D eigenvalue weighted by atomic mass is 9.97. The fourth-order valence-electron chi connectivity index (χ4n) is 3.51. The molecular formula is C24H48O2. The van der Waals surface area contributed by atoms with Crippen LogP contribution < -0.4 is 0 Å². The number of esters is 1. The fraction of sp³-hybridized carbons (Fsp3) is 0.958. The predicted molar refractivity (Wildman–Crippen MR) is 115 cm³/mol. The molecule has 1 atom stereocenters. The van der Waals surface area contributed by atoms with Crippen molar-refractivity contribution < 1.29 is 9.53 Å². The highest BCUT2D eigenvalue weighted by Crippen LogP contribution is 2.17. The highest BCUT2D eigenvalue weighted by atomic mass is 16.5. The lowest BCUT2D eigenvalue weighted by Crippen LogP contribution is -2.17. The fourth-order valence-corrected chi connectivity index (χ4v) is 3.51. The van der Waals surface area contributed by atoms with E-state index in [1.54, 1.807) is 0 Å². The summed E-state index contributed by atoms with van der Waals surface area (Å²) < 4.78 is 5.37. The molecule has 0 N–H and O–H groups in total. The summed E-state index contributed by atoms with van der Waals surface area (Å²) >= 11 is 0. The summed E-state index contributed by atoms with van der Waals surface area (Å²) in [5.41, 5.74) is 0. The standard InChI is InChI=1S/C24H48O2/c1-4-7-9-10-11-12-13-14-15-16-17-18-19-20-21-23(6-3)24(25)26-22-8-5-2/h23H,4-22H2,1-3H3. The van der Waals surface area contributed by atoms with E-state index in [0.717, 1.165) is 25.7 Å². The van der Waals surface area contributed by atoms with Crippen molar-refractivity contribution in [1.82, 2.24) is 0 Å². The molecule has 2 nitrogen and oxygen atoms in total. The molecule has 1 unspecified atom stereocenters. The maximum absolute atomic E-state index is 12.0. The van der Waals surface area contributed by atoms with Crippen molar-refractivity contribution in [2.24, 2.45) is 5.92 Å². The van der Waals surface area contributed by atoms with Crippen LogP contribution in [-0.4, -0.2) is 12.6 Å². The molecule has 0 heterocycles. The van der Waals surface area contributed by atoms with Crippen LogP contribution in [0.3, 0.4) is 0 Å². The Kier molecular flexibility index (Phi) is 20.4. The molecular weight excluding hydrogens is 320 g/mol. The van der Waals surface area contributed by atoms with Crippen molar-refractivity contribution in [2.45, 2.75) is 136 Å². The SMILES string of the molecule is CCCCCCCCCCCCCCCCC(CC)C(=O)OCCCC. The van der Waals surface area contributed by atoms with Crippen LogP contribution in [0.5, 0.6) is 0 Å². The summed E-state index contributed by atoms with van der Waals surface area (Å²) in [6.07, 6.45) is 23.4. The van der Waals surface area contributed by atoms with Crippen molar-refractivity contribution in [3.05, 3.63) is 0 Å². The minimum atomic E-state index is 0.0376. The third-order valence-corrected chi connectivity index (χ3v) is 5.47. The zero-order chi connectivity index (χ0) is 19.3. The van der Waals surface area contributed by atoms with Gasteiger partial charge >= 0.3 is 5.97 Å². The van der Waals surface area contributed by atoms with E-state index in [9.17, 15) is 4.79 Å². The van der Waals surface area contributed by atoms with Crippen LogP contribution in [0.25, 0.3) is 0 Å². The van der Waals surface area contributed by atoms with Gasteiger partial charge in [0.05, 0.1) is 12.5 Å². The Bertz CT molecular complexity index is 288. The maximum Gasteiger partial charge on any atom is 0.308 e.